The quantitative estimate of drug-likeness (QED) is 0.467. The topological polar surface area (TPSA) is 166 Å². The summed E-state index contributed by atoms with van der Waals surface area (Å²) >= 11 is 0. The zero-order valence-corrected chi connectivity index (χ0v) is 12.8. The lowest BCUT2D eigenvalue weighted by Crippen LogP contribution is -2.36. The van der Waals surface area contributed by atoms with E-state index in [9.17, 15) is 14.8 Å². The molecule has 0 spiro atoms. The summed E-state index contributed by atoms with van der Waals surface area (Å²) in [6.07, 6.45) is -1.73. The minimum Gasteiger partial charge on any atom is -0.394 e. The van der Waals surface area contributed by atoms with Crippen molar-refractivity contribution >= 4 is 25.0 Å². The second-order valence-electron chi connectivity index (χ2n) is 4.99. The first-order valence-corrected chi connectivity index (χ1v) is 8.30. The van der Waals surface area contributed by atoms with Gasteiger partial charge in [0.05, 0.1) is 12.9 Å². The fourth-order valence-electron chi connectivity index (χ4n) is 2.53. The lowest BCUT2D eigenvalue weighted by molar-refractivity contribution is -0.0552. The molecule has 11 nitrogen and oxygen atoms in total. The molecule has 12 heteroatoms. The Kier molecular flexibility index (Phi) is 4.57. The van der Waals surface area contributed by atoms with Gasteiger partial charge in [-0.15, -0.1) is 0 Å². The number of nitrogen functional groups attached to an aromatic ring is 1. The molecule has 3 heterocycles. The molecule has 1 fully saturated rings. The third-order valence-corrected chi connectivity index (χ3v) is 3.96. The lowest BCUT2D eigenvalue weighted by Gasteiger charge is -2.19. The highest BCUT2D eigenvalue weighted by atomic mass is 31.1. The Bertz CT molecular complexity index is 726. The third-order valence-electron chi connectivity index (χ3n) is 3.55. The van der Waals surface area contributed by atoms with E-state index < -0.39 is 45.5 Å². The van der Waals surface area contributed by atoms with Gasteiger partial charge < -0.3 is 30.3 Å². The Balaban J connectivity index is 1.90. The van der Waals surface area contributed by atoms with Crippen LogP contribution in [0, 0.1) is 0 Å². The van der Waals surface area contributed by atoms with Crippen molar-refractivity contribution in [2.24, 2.45) is 0 Å². The molecule has 23 heavy (non-hydrogen) atoms. The molecule has 0 aromatic carbocycles. The van der Waals surface area contributed by atoms with Gasteiger partial charge >= 0.3 is 0 Å². The number of nitrogens with two attached hydrogens (primary N) is 1. The number of nitrogens with zero attached hydrogens (tertiary/aromatic N) is 4. The molecule has 0 radical (unpaired) electrons. The summed E-state index contributed by atoms with van der Waals surface area (Å²) in [7, 11) is -2.86. The van der Waals surface area contributed by atoms with Crippen LogP contribution in [0.2, 0.25) is 0 Å². The molecular formula is C11H16N5O6P. The number of imidazole rings is 1. The molecule has 0 amide bonds. The number of aliphatic hydroxyl groups excluding tert-OH is 2. The van der Waals surface area contributed by atoms with Crippen molar-refractivity contribution in [2.45, 2.75) is 24.5 Å². The fourth-order valence-corrected chi connectivity index (χ4v) is 2.86. The molecule has 2 aromatic heterocycles. The standard InChI is InChI=1S/C11H16N5O6P/c12-9-6-10(14-2-13-9)16(3-15-6)11-7(18)8(5(1-17)22-11)21-4-23(19)20/h2-3,5,7-8,11,17-18,23H,1,4H2,(H,19,20)(H2,12,13,14)/t5-,7?,8?,11-/m1/s1. The van der Waals surface area contributed by atoms with Crippen LogP contribution >= 0.6 is 8.03 Å². The van der Waals surface area contributed by atoms with Crippen LogP contribution in [-0.4, -0.2) is 65.9 Å². The van der Waals surface area contributed by atoms with Gasteiger partial charge in [0, 0.05) is 0 Å². The average molecular weight is 345 g/mol. The van der Waals surface area contributed by atoms with E-state index in [4.69, 9.17) is 20.1 Å². The predicted octanol–water partition coefficient (Wildman–Crippen LogP) is -1.53. The van der Waals surface area contributed by atoms with Crippen LogP contribution in [0.1, 0.15) is 6.23 Å². The number of fused-ring (bicyclic) bond motifs is 1. The van der Waals surface area contributed by atoms with Crippen LogP contribution in [0.3, 0.4) is 0 Å². The summed E-state index contributed by atoms with van der Waals surface area (Å²) in [6.45, 7) is -0.422. The summed E-state index contributed by atoms with van der Waals surface area (Å²) < 4.78 is 23.0. The number of aliphatic hydroxyl groups is 2. The predicted molar refractivity (Wildman–Crippen MR) is 77.7 cm³/mol. The molecule has 0 saturated carbocycles. The lowest BCUT2D eigenvalue weighted by atomic mass is 10.1. The smallest absolute Gasteiger partial charge is 0.214 e. The highest BCUT2D eigenvalue weighted by Gasteiger charge is 2.46. The molecule has 5 atom stereocenters. The molecule has 0 bridgehead atoms. The van der Waals surface area contributed by atoms with E-state index in [0.717, 1.165) is 0 Å². The fraction of sp³-hybridized carbons (Fsp3) is 0.545. The van der Waals surface area contributed by atoms with Gasteiger partial charge in [-0.2, -0.15) is 0 Å². The third kappa shape index (κ3) is 2.94. The SMILES string of the molecule is Nc1ncnc2c1ncn2[C@@H]1O[C@H](CO)C(OC[PH](=O)O)C1O. The van der Waals surface area contributed by atoms with Crippen molar-refractivity contribution in [2.75, 3.05) is 18.7 Å². The molecule has 126 valence electrons. The van der Waals surface area contributed by atoms with Gasteiger partial charge in [0.2, 0.25) is 8.03 Å². The first kappa shape index (κ1) is 16.2. The van der Waals surface area contributed by atoms with Crippen molar-refractivity contribution in [1.82, 2.24) is 19.5 Å². The molecule has 0 aliphatic carbocycles. The number of hydrogen-bond donors (Lipinski definition) is 4. The van der Waals surface area contributed by atoms with Crippen molar-refractivity contribution < 1.29 is 29.1 Å². The monoisotopic (exact) mass is 345 g/mol. The van der Waals surface area contributed by atoms with Gasteiger partial charge in [0.25, 0.3) is 0 Å². The average Bonchev–Trinajstić information content (AvgIpc) is 3.07. The van der Waals surface area contributed by atoms with E-state index in [2.05, 4.69) is 15.0 Å². The second-order valence-corrected chi connectivity index (χ2v) is 6.07. The number of ether oxygens (including phenoxy) is 2. The molecule has 5 N–H and O–H groups in total. The summed E-state index contributed by atoms with van der Waals surface area (Å²) in [6, 6.07) is 0. The molecule has 1 saturated heterocycles. The van der Waals surface area contributed by atoms with Gasteiger partial charge in [-0.1, -0.05) is 0 Å². The van der Waals surface area contributed by atoms with Gasteiger partial charge in [0.15, 0.2) is 17.7 Å². The first-order chi connectivity index (χ1) is 11.0. The summed E-state index contributed by atoms with van der Waals surface area (Å²) in [4.78, 5) is 20.8. The Morgan fingerprint density at radius 1 is 1.43 bits per heavy atom. The summed E-state index contributed by atoms with van der Waals surface area (Å²) in [5, 5.41) is 19.8. The van der Waals surface area contributed by atoms with Crippen LogP contribution in [0.15, 0.2) is 12.7 Å². The second kappa shape index (κ2) is 6.48. The van der Waals surface area contributed by atoms with Gasteiger partial charge in [-0.3, -0.25) is 9.13 Å². The Morgan fingerprint density at radius 2 is 2.22 bits per heavy atom. The van der Waals surface area contributed by atoms with E-state index in [1.165, 1.54) is 17.2 Å². The molecule has 1 aliphatic rings. The van der Waals surface area contributed by atoms with E-state index in [-0.39, 0.29) is 5.82 Å². The Hall–Kier alpha value is -1.62. The van der Waals surface area contributed by atoms with Crippen LogP contribution in [-0.2, 0) is 14.0 Å². The first-order valence-electron chi connectivity index (χ1n) is 6.73. The minimum atomic E-state index is -2.86. The van der Waals surface area contributed by atoms with E-state index in [0.29, 0.717) is 11.2 Å². The highest BCUT2D eigenvalue weighted by molar-refractivity contribution is 7.37. The number of hydrogen-bond acceptors (Lipinski definition) is 9. The van der Waals surface area contributed by atoms with E-state index in [1.54, 1.807) is 0 Å². The Labute approximate surface area is 130 Å². The molecule has 3 rings (SSSR count). The molecule has 2 aromatic rings. The maximum Gasteiger partial charge on any atom is 0.214 e. The van der Waals surface area contributed by atoms with Crippen molar-refractivity contribution in [1.29, 1.82) is 0 Å². The van der Waals surface area contributed by atoms with Crippen LogP contribution in [0.4, 0.5) is 5.82 Å². The number of rotatable bonds is 5. The largest absolute Gasteiger partial charge is 0.394 e. The van der Waals surface area contributed by atoms with Gasteiger partial charge in [-0.05, 0) is 0 Å². The van der Waals surface area contributed by atoms with Crippen molar-refractivity contribution in [3.8, 4) is 0 Å². The zero-order chi connectivity index (χ0) is 16.6. The zero-order valence-electron chi connectivity index (χ0n) is 11.8. The van der Waals surface area contributed by atoms with Gasteiger partial charge in [0.1, 0.15) is 36.5 Å². The maximum atomic E-state index is 10.8. The van der Waals surface area contributed by atoms with Crippen LogP contribution in [0.5, 0.6) is 0 Å². The normalized spacial score (nSPS) is 29.2. The molecular weight excluding hydrogens is 329 g/mol. The number of anilines is 1. The van der Waals surface area contributed by atoms with E-state index in [1.807, 2.05) is 0 Å². The summed E-state index contributed by atoms with van der Waals surface area (Å²) in [5.41, 5.74) is 6.42. The number of aromatic nitrogens is 4. The minimum absolute atomic E-state index is 0.187. The van der Waals surface area contributed by atoms with Crippen LogP contribution < -0.4 is 5.73 Å². The molecule has 1 aliphatic heterocycles. The summed E-state index contributed by atoms with van der Waals surface area (Å²) in [5.74, 6) is 0.187. The van der Waals surface area contributed by atoms with Crippen LogP contribution in [0.25, 0.3) is 11.2 Å². The van der Waals surface area contributed by atoms with Crippen molar-refractivity contribution in [3.05, 3.63) is 12.7 Å². The molecule has 3 unspecified atom stereocenters. The van der Waals surface area contributed by atoms with Crippen molar-refractivity contribution in [3.63, 3.8) is 0 Å². The Morgan fingerprint density at radius 3 is 2.91 bits per heavy atom. The van der Waals surface area contributed by atoms with E-state index >= 15 is 0 Å². The highest BCUT2D eigenvalue weighted by Crippen LogP contribution is 2.34. The maximum absolute atomic E-state index is 10.8. The van der Waals surface area contributed by atoms with Gasteiger partial charge in [-0.25, -0.2) is 15.0 Å².